The van der Waals surface area contributed by atoms with Crippen LogP contribution in [0.25, 0.3) is 0 Å². The van der Waals surface area contributed by atoms with Crippen molar-refractivity contribution in [3.8, 4) is 0 Å². The van der Waals surface area contributed by atoms with Gasteiger partial charge in [-0.1, -0.05) is 26.0 Å². The number of nitrogens with one attached hydrogen (secondary N) is 1. The first-order chi connectivity index (χ1) is 11.0. The Labute approximate surface area is 135 Å². The largest absolute Gasteiger partial charge is 0.376 e. The van der Waals surface area contributed by atoms with E-state index in [0.29, 0.717) is 31.2 Å². The van der Waals surface area contributed by atoms with Crippen molar-refractivity contribution in [1.29, 1.82) is 0 Å². The van der Waals surface area contributed by atoms with E-state index in [0.717, 1.165) is 6.42 Å². The normalized spacial score (nSPS) is 17.5. The van der Waals surface area contributed by atoms with Gasteiger partial charge in [0.15, 0.2) is 0 Å². The van der Waals surface area contributed by atoms with Gasteiger partial charge < -0.3 is 15.0 Å². The molecule has 126 valence electrons. The minimum Gasteiger partial charge on any atom is -0.376 e. The number of benzene rings is 1. The molecule has 1 aliphatic heterocycles. The molecule has 1 fully saturated rings. The Morgan fingerprint density at radius 3 is 3.00 bits per heavy atom. The highest BCUT2D eigenvalue weighted by Crippen LogP contribution is 2.15. The lowest BCUT2D eigenvalue weighted by atomic mass is 10.2. The number of nitro groups is 1. The van der Waals surface area contributed by atoms with Crippen LogP contribution in [0.1, 0.15) is 25.8 Å². The Bertz CT molecular complexity index is 562. The van der Waals surface area contributed by atoms with Gasteiger partial charge in [0.1, 0.15) is 0 Å². The van der Waals surface area contributed by atoms with E-state index in [2.05, 4.69) is 19.2 Å². The van der Waals surface area contributed by atoms with Gasteiger partial charge in [0.2, 0.25) is 0 Å². The predicted octanol–water partition coefficient (Wildman–Crippen LogP) is 2.55. The molecule has 2 amide bonds. The molecule has 1 unspecified atom stereocenters. The number of non-ortho nitro benzene ring substituents is 1. The smallest absolute Gasteiger partial charge is 0.317 e. The summed E-state index contributed by atoms with van der Waals surface area (Å²) in [5, 5.41) is 13.5. The van der Waals surface area contributed by atoms with Crippen LogP contribution >= 0.6 is 0 Å². The molecule has 23 heavy (non-hydrogen) atoms. The molecule has 1 N–H and O–H groups in total. The highest BCUT2D eigenvalue weighted by Gasteiger charge is 2.26. The topological polar surface area (TPSA) is 84.7 Å². The van der Waals surface area contributed by atoms with Crippen molar-refractivity contribution < 1.29 is 14.5 Å². The minimum atomic E-state index is -0.442. The van der Waals surface area contributed by atoms with Crippen molar-refractivity contribution in [1.82, 2.24) is 10.2 Å². The van der Waals surface area contributed by atoms with E-state index in [1.165, 1.54) is 12.1 Å². The summed E-state index contributed by atoms with van der Waals surface area (Å²) in [6.45, 7) is 6.43. The summed E-state index contributed by atoms with van der Waals surface area (Å²) in [5.41, 5.74) is 0.736. The molecule has 1 saturated heterocycles. The van der Waals surface area contributed by atoms with E-state index in [4.69, 9.17) is 4.74 Å². The molecular weight excluding hydrogens is 298 g/mol. The van der Waals surface area contributed by atoms with Crippen LogP contribution in [0.15, 0.2) is 24.3 Å². The average Bonchev–Trinajstić information content (AvgIpc) is 3.00. The second-order valence-electron chi connectivity index (χ2n) is 6.17. The summed E-state index contributed by atoms with van der Waals surface area (Å²) in [7, 11) is 0. The average molecular weight is 321 g/mol. The minimum absolute atomic E-state index is 0.0278. The summed E-state index contributed by atoms with van der Waals surface area (Å²) in [4.78, 5) is 24.2. The lowest BCUT2D eigenvalue weighted by molar-refractivity contribution is -0.384. The van der Waals surface area contributed by atoms with Gasteiger partial charge in [0.05, 0.1) is 11.0 Å². The molecule has 1 aromatic carbocycles. The quantitative estimate of drug-likeness (QED) is 0.644. The molecular formula is C16H23N3O4. The van der Waals surface area contributed by atoms with E-state index in [1.54, 1.807) is 17.0 Å². The molecule has 1 aromatic rings. The van der Waals surface area contributed by atoms with Crippen LogP contribution in [0.5, 0.6) is 0 Å². The van der Waals surface area contributed by atoms with Crippen molar-refractivity contribution in [2.45, 2.75) is 32.9 Å². The Morgan fingerprint density at radius 1 is 1.52 bits per heavy atom. The van der Waals surface area contributed by atoms with E-state index in [-0.39, 0.29) is 24.4 Å². The Balaban J connectivity index is 1.79. The van der Waals surface area contributed by atoms with Crippen molar-refractivity contribution in [3.05, 3.63) is 39.9 Å². The molecule has 7 nitrogen and oxygen atoms in total. The molecule has 1 atom stereocenters. The van der Waals surface area contributed by atoms with Crippen molar-refractivity contribution in [3.63, 3.8) is 0 Å². The standard InChI is InChI=1S/C16H23N3O4/c1-12(2)11-23-15-6-7-18(10-15)16(20)17-9-13-4-3-5-14(8-13)19(21)22/h3-5,8,12,15H,6-7,9-11H2,1-2H3,(H,17,20). The molecule has 0 aromatic heterocycles. The first kappa shape index (κ1) is 17.2. The van der Waals surface area contributed by atoms with Crippen LogP contribution in [0.3, 0.4) is 0 Å². The molecule has 0 bridgehead atoms. The van der Waals surface area contributed by atoms with Crippen molar-refractivity contribution in [2.75, 3.05) is 19.7 Å². The number of ether oxygens (including phenoxy) is 1. The number of urea groups is 1. The molecule has 1 heterocycles. The highest BCUT2D eigenvalue weighted by atomic mass is 16.6. The predicted molar refractivity (Wildman–Crippen MR) is 86.1 cm³/mol. The van der Waals surface area contributed by atoms with Gasteiger partial charge in [-0.05, 0) is 17.9 Å². The highest BCUT2D eigenvalue weighted by molar-refractivity contribution is 5.74. The number of nitro benzene ring substituents is 1. The van der Waals surface area contributed by atoms with E-state index in [1.807, 2.05) is 0 Å². The van der Waals surface area contributed by atoms with Crippen LogP contribution in [0, 0.1) is 16.0 Å². The Kier molecular flexibility index (Phi) is 5.92. The lowest BCUT2D eigenvalue weighted by Gasteiger charge is -2.18. The number of carbonyl (C=O) groups is 1. The number of amides is 2. The first-order valence-corrected chi connectivity index (χ1v) is 7.83. The maximum absolute atomic E-state index is 12.1. The number of hydrogen-bond acceptors (Lipinski definition) is 4. The van der Waals surface area contributed by atoms with Gasteiger partial charge in [-0.3, -0.25) is 10.1 Å². The summed E-state index contributed by atoms with van der Waals surface area (Å²) in [5.74, 6) is 0.478. The molecule has 1 aliphatic rings. The zero-order valence-electron chi connectivity index (χ0n) is 13.5. The summed E-state index contributed by atoms with van der Waals surface area (Å²) < 4.78 is 5.75. The van der Waals surface area contributed by atoms with Gasteiger partial charge in [-0.15, -0.1) is 0 Å². The maximum atomic E-state index is 12.1. The number of hydrogen-bond donors (Lipinski definition) is 1. The molecule has 0 radical (unpaired) electrons. The summed E-state index contributed by atoms with van der Waals surface area (Å²) in [6, 6.07) is 6.12. The number of rotatable bonds is 6. The summed E-state index contributed by atoms with van der Waals surface area (Å²) >= 11 is 0. The maximum Gasteiger partial charge on any atom is 0.317 e. The lowest BCUT2D eigenvalue weighted by Crippen LogP contribution is -2.38. The van der Waals surface area contributed by atoms with Gasteiger partial charge in [0, 0.05) is 38.4 Å². The van der Waals surface area contributed by atoms with E-state index >= 15 is 0 Å². The second kappa shape index (κ2) is 7.92. The summed E-state index contributed by atoms with van der Waals surface area (Å²) in [6.07, 6.45) is 0.942. The number of carbonyl (C=O) groups excluding carboxylic acids is 1. The van der Waals surface area contributed by atoms with Gasteiger partial charge in [-0.25, -0.2) is 4.79 Å². The molecule has 0 aliphatic carbocycles. The van der Waals surface area contributed by atoms with Crippen molar-refractivity contribution in [2.24, 2.45) is 5.92 Å². The zero-order valence-corrected chi connectivity index (χ0v) is 13.5. The molecule has 0 saturated carbocycles. The SMILES string of the molecule is CC(C)COC1CCN(C(=O)NCc2cccc([N+](=O)[O-])c2)C1. The van der Waals surface area contributed by atoms with Crippen molar-refractivity contribution >= 4 is 11.7 Å². The van der Waals surface area contributed by atoms with Gasteiger partial charge in [0.25, 0.3) is 5.69 Å². The third-order valence-corrected chi connectivity index (χ3v) is 3.66. The molecule has 2 rings (SSSR count). The fraction of sp³-hybridized carbons (Fsp3) is 0.562. The van der Waals surface area contributed by atoms with Gasteiger partial charge in [-0.2, -0.15) is 0 Å². The third-order valence-electron chi connectivity index (χ3n) is 3.66. The van der Waals surface area contributed by atoms with Crippen LogP contribution in [0.2, 0.25) is 0 Å². The Morgan fingerprint density at radius 2 is 2.30 bits per heavy atom. The Hall–Kier alpha value is -2.15. The van der Waals surface area contributed by atoms with Crippen LogP contribution < -0.4 is 5.32 Å². The van der Waals surface area contributed by atoms with Crippen LogP contribution in [-0.4, -0.2) is 41.7 Å². The monoisotopic (exact) mass is 321 g/mol. The van der Waals surface area contributed by atoms with Crippen LogP contribution in [-0.2, 0) is 11.3 Å². The van der Waals surface area contributed by atoms with E-state index in [9.17, 15) is 14.9 Å². The zero-order chi connectivity index (χ0) is 16.8. The fourth-order valence-electron chi connectivity index (χ4n) is 2.45. The number of likely N-dealkylation sites (tertiary alicyclic amines) is 1. The third kappa shape index (κ3) is 5.21. The fourth-order valence-corrected chi connectivity index (χ4v) is 2.45. The van der Waals surface area contributed by atoms with Gasteiger partial charge >= 0.3 is 6.03 Å². The molecule has 0 spiro atoms. The first-order valence-electron chi connectivity index (χ1n) is 7.83. The van der Waals surface area contributed by atoms with Crippen LogP contribution in [0.4, 0.5) is 10.5 Å². The molecule has 7 heteroatoms. The second-order valence-corrected chi connectivity index (χ2v) is 6.17. The number of nitrogens with zero attached hydrogens (tertiary/aromatic N) is 2. The van der Waals surface area contributed by atoms with E-state index < -0.39 is 4.92 Å².